The van der Waals surface area contributed by atoms with E-state index >= 15 is 0 Å². The first-order valence-electron chi connectivity index (χ1n) is 6.24. The Kier molecular flexibility index (Phi) is 2.74. The van der Waals surface area contributed by atoms with Crippen LogP contribution in [0.1, 0.15) is 30.1 Å². The second kappa shape index (κ2) is 4.22. The molecule has 1 saturated carbocycles. The highest BCUT2D eigenvalue weighted by molar-refractivity contribution is 5.72. The molecule has 2 N–H and O–H groups in total. The molecule has 106 valence electrons. The molecule has 1 aliphatic carbocycles. The number of aromatic nitrogens is 3. The zero-order valence-corrected chi connectivity index (χ0v) is 10.8. The molecule has 1 aromatic heterocycles. The van der Waals surface area contributed by atoms with E-state index in [9.17, 15) is 13.2 Å². The molecule has 1 heterocycles. The lowest BCUT2D eigenvalue weighted by atomic mass is 10.1. The van der Waals surface area contributed by atoms with Gasteiger partial charge in [0, 0.05) is 24.2 Å². The summed E-state index contributed by atoms with van der Waals surface area (Å²) in [5, 5.41) is 4.29. The minimum absolute atomic E-state index is 0.0534. The summed E-state index contributed by atoms with van der Waals surface area (Å²) in [5.41, 5.74) is 5.50. The maximum absolute atomic E-state index is 12.6. The number of anilines is 1. The summed E-state index contributed by atoms with van der Waals surface area (Å²) >= 11 is 0. The molecule has 0 saturated heterocycles. The average Bonchev–Trinajstić information content (AvgIpc) is 3.12. The third-order valence-corrected chi connectivity index (χ3v) is 3.34. The van der Waals surface area contributed by atoms with Crippen molar-refractivity contribution in [1.29, 1.82) is 0 Å². The SMILES string of the molecule is Cn1nc(C2CC2)nc1-c1ccc(C(F)(F)F)cc1N. The summed E-state index contributed by atoms with van der Waals surface area (Å²) in [6.07, 6.45) is -2.27. The highest BCUT2D eigenvalue weighted by Gasteiger charge is 2.32. The molecule has 1 aliphatic rings. The summed E-state index contributed by atoms with van der Waals surface area (Å²) in [5.74, 6) is 1.62. The van der Waals surface area contributed by atoms with E-state index in [4.69, 9.17) is 5.73 Å². The fourth-order valence-electron chi connectivity index (χ4n) is 2.10. The Balaban J connectivity index is 2.02. The lowest BCUT2D eigenvalue weighted by Crippen LogP contribution is -2.06. The van der Waals surface area contributed by atoms with Crippen LogP contribution in [-0.2, 0) is 13.2 Å². The number of nitrogen functional groups attached to an aromatic ring is 1. The fourth-order valence-corrected chi connectivity index (χ4v) is 2.10. The highest BCUT2D eigenvalue weighted by Crippen LogP contribution is 2.39. The van der Waals surface area contributed by atoms with E-state index in [1.165, 1.54) is 6.07 Å². The van der Waals surface area contributed by atoms with Gasteiger partial charge in [0.05, 0.1) is 5.56 Å². The van der Waals surface area contributed by atoms with Crippen molar-refractivity contribution in [2.24, 2.45) is 7.05 Å². The maximum Gasteiger partial charge on any atom is 0.416 e. The van der Waals surface area contributed by atoms with Crippen LogP contribution < -0.4 is 5.73 Å². The van der Waals surface area contributed by atoms with Crippen LogP contribution in [0.5, 0.6) is 0 Å². The molecule has 1 fully saturated rings. The van der Waals surface area contributed by atoms with E-state index in [-0.39, 0.29) is 5.69 Å². The predicted octanol–water partition coefficient (Wildman–Crippen LogP) is 2.96. The molecule has 20 heavy (non-hydrogen) atoms. The van der Waals surface area contributed by atoms with Gasteiger partial charge in [-0.3, -0.25) is 0 Å². The van der Waals surface area contributed by atoms with Gasteiger partial charge in [0.2, 0.25) is 0 Å². The fraction of sp³-hybridized carbons (Fsp3) is 0.385. The topological polar surface area (TPSA) is 56.7 Å². The molecule has 0 radical (unpaired) electrons. The molecule has 0 amide bonds. The largest absolute Gasteiger partial charge is 0.416 e. The first kappa shape index (κ1) is 13.0. The van der Waals surface area contributed by atoms with Gasteiger partial charge in [0.15, 0.2) is 11.6 Å². The molecule has 3 rings (SSSR count). The van der Waals surface area contributed by atoms with Gasteiger partial charge in [0.1, 0.15) is 0 Å². The number of benzene rings is 1. The van der Waals surface area contributed by atoms with E-state index in [0.717, 1.165) is 30.8 Å². The minimum atomic E-state index is -4.40. The van der Waals surface area contributed by atoms with Crippen LogP contribution in [0.4, 0.5) is 18.9 Å². The first-order chi connectivity index (χ1) is 9.36. The number of hydrogen-bond acceptors (Lipinski definition) is 3. The van der Waals surface area contributed by atoms with Crippen LogP contribution in [0.2, 0.25) is 0 Å². The van der Waals surface area contributed by atoms with Gasteiger partial charge in [-0.2, -0.15) is 18.3 Å². The van der Waals surface area contributed by atoms with Crippen LogP contribution in [0, 0.1) is 0 Å². The normalized spacial score (nSPS) is 15.6. The lowest BCUT2D eigenvalue weighted by Gasteiger charge is -2.10. The van der Waals surface area contributed by atoms with Crippen molar-refractivity contribution in [2.45, 2.75) is 24.9 Å². The van der Waals surface area contributed by atoms with Crippen molar-refractivity contribution in [3.8, 4) is 11.4 Å². The number of nitrogens with two attached hydrogens (primary N) is 1. The Morgan fingerprint density at radius 3 is 2.55 bits per heavy atom. The second-order valence-corrected chi connectivity index (χ2v) is 4.99. The maximum atomic E-state index is 12.6. The van der Waals surface area contributed by atoms with Gasteiger partial charge >= 0.3 is 6.18 Å². The van der Waals surface area contributed by atoms with E-state index in [2.05, 4.69) is 10.1 Å². The molecule has 1 aromatic carbocycles. The summed E-state index contributed by atoms with van der Waals surface area (Å²) in [6, 6.07) is 3.29. The standard InChI is InChI=1S/C13H13F3N4/c1-20-12(18-11(19-20)7-2-3-7)9-5-4-8(6-10(9)17)13(14,15)16/h4-7H,2-3,17H2,1H3. The molecule has 7 heteroatoms. The summed E-state index contributed by atoms with van der Waals surface area (Å²) in [6.45, 7) is 0. The smallest absolute Gasteiger partial charge is 0.398 e. The Bertz CT molecular complexity index is 656. The Morgan fingerprint density at radius 1 is 1.30 bits per heavy atom. The molecule has 2 aromatic rings. The zero-order chi connectivity index (χ0) is 14.5. The molecule has 0 spiro atoms. The van der Waals surface area contributed by atoms with Crippen molar-refractivity contribution in [3.63, 3.8) is 0 Å². The quantitative estimate of drug-likeness (QED) is 0.861. The van der Waals surface area contributed by atoms with Crippen LogP contribution in [0.25, 0.3) is 11.4 Å². The molecule has 4 nitrogen and oxygen atoms in total. The molecular formula is C13H13F3N4. The number of halogens is 3. The van der Waals surface area contributed by atoms with Gasteiger partial charge in [0.25, 0.3) is 0 Å². The Morgan fingerprint density at radius 2 is 2.00 bits per heavy atom. The second-order valence-electron chi connectivity index (χ2n) is 4.99. The predicted molar refractivity (Wildman–Crippen MR) is 67.8 cm³/mol. The Hall–Kier alpha value is -2.05. The van der Waals surface area contributed by atoms with Gasteiger partial charge in [-0.1, -0.05) is 0 Å². The van der Waals surface area contributed by atoms with Crippen molar-refractivity contribution in [1.82, 2.24) is 14.8 Å². The van der Waals surface area contributed by atoms with Crippen LogP contribution >= 0.6 is 0 Å². The summed E-state index contributed by atoms with van der Waals surface area (Å²) in [4.78, 5) is 4.39. The highest BCUT2D eigenvalue weighted by atomic mass is 19.4. The summed E-state index contributed by atoms with van der Waals surface area (Å²) in [7, 11) is 1.71. The van der Waals surface area contributed by atoms with Crippen molar-refractivity contribution < 1.29 is 13.2 Å². The third-order valence-electron chi connectivity index (χ3n) is 3.34. The number of rotatable bonds is 2. The van der Waals surface area contributed by atoms with Gasteiger partial charge < -0.3 is 5.73 Å². The van der Waals surface area contributed by atoms with Crippen molar-refractivity contribution in [3.05, 3.63) is 29.6 Å². The third kappa shape index (κ3) is 2.23. The van der Waals surface area contributed by atoms with E-state index in [0.29, 0.717) is 17.3 Å². The monoisotopic (exact) mass is 282 g/mol. The van der Waals surface area contributed by atoms with Gasteiger partial charge in [-0.25, -0.2) is 9.67 Å². The molecular weight excluding hydrogens is 269 g/mol. The number of alkyl halides is 3. The van der Waals surface area contributed by atoms with Gasteiger partial charge in [-0.05, 0) is 31.0 Å². The molecule has 0 bridgehead atoms. The van der Waals surface area contributed by atoms with E-state index < -0.39 is 11.7 Å². The lowest BCUT2D eigenvalue weighted by molar-refractivity contribution is -0.137. The van der Waals surface area contributed by atoms with E-state index in [1.54, 1.807) is 11.7 Å². The number of nitrogens with zero attached hydrogens (tertiary/aromatic N) is 3. The molecule has 0 aliphatic heterocycles. The number of aryl methyl sites for hydroxylation is 1. The van der Waals surface area contributed by atoms with Crippen LogP contribution in [-0.4, -0.2) is 14.8 Å². The minimum Gasteiger partial charge on any atom is -0.398 e. The first-order valence-corrected chi connectivity index (χ1v) is 6.24. The Labute approximate surface area is 113 Å². The van der Waals surface area contributed by atoms with E-state index in [1.807, 2.05) is 0 Å². The molecule has 0 unspecified atom stereocenters. The van der Waals surface area contributed by atoms with Gasteiger partial charge in [-0.15, -0.1) is 0 Å². The number of hydrogen-bond donors (Lipinski definition) is 1. The van der Waals surface area contributed by atoms with Crippen LogP contribution in [0.15, 0.2) is 18.2 Å². The van der Waals surface area contributed by atoms with Crippen molar-refractivity contribution in [2.75, 3.05) is 5.73 Å². The van der Waals surface area contributed by atoms with Crippen molar-refractivity contribution >= 4 is 5.69 Å². The average molecular weight is 282 g/mol. The van der Waals surface area contributed by atoms with Crippen LogP contribution in [0.3, 0.4) is 0 Å². The molecule has 0 atom stereocenters. The summed E-state index contributed by atoms with van der Waals surface area (Å²) < 4.78 is 39.4. The zero-order valence-electron chi connectivity index (χ0n) is 10.8.